The van der Waals surface area contributed by atoms with E-state index in [0.29, 0.717) is 16.5 Å². The van der Waals surface area contributed by atoms with Crippen molar-refractivity contribution in [2.24, 2.45) is 0 Å². The van der Waals surface area contributed by atoms with Crippen LogP contribution in [0.15, 0.2) is 59.4 Å². The zero-order valence-electron chi connectivity index (χ0n) is 13.0. The lowest BCUT2D eigenvalue weighted by atomic mass is 10.1. The van der Waals surface area contributed by atoms with Crippen molar-refractivity contribution in [2.45, 2.75) is 6.04 Å². The zero-order chi connectivity index (χ0) is 17.8. The molecule has 8 nitrogen and oxygen atoms in total. The van der Waals surface area contributed by atoms with E-state index in [0.717, 1.165) is 4.68 Å². The van der Waals surface area contributed by atoms with Crippen LogP contribution >= 0.6 is 0 Å². The van der Waals surface area contributed by atoms with Crippen molar-refractivity contribution in [2.75, 3.05) is 6.54 Å². The molecule has 0 radical (unpaired) electrons. The zero-order valence-corrected chi connectivity index (χ0v) is 13.0. The second-order valence-electron chi connectivity index (χ2n) is 5.28. The van der Waals surface area contributed by atoms with E-state index in [4.69, 9.17) is 5.11 Å². The fraction of sp³-hybridized carbons (Fsp3) is 0.118. The van der Waals surface area contributed by atoms with Crippen LogP contribution in [0.3, 0.4) is 0 Å². The highest BCUT2D eigenvalue weighted by Crippen LogP contribution is 2.16. The minimum absolute atomic E-state index is 0.324. The molecule has 3 aromatic rings. The Morgan fingerprint density at radius 2 is 1.76 bits per heavy atom. The third-order valence-electron chi connectivity index (χ3n) is 3.61. The first kappa shape index (κ1) is 16.3. The number of fused-ring (bicyclic) bond motifs is 1. The molecule has 0 spiro atoms. The second kappa shape index (κ2) is 6.91. The highest BCUT2D eigenvalue weighted by atomic mass is 16.4. The maximum Gasteiger partial charge on any atom is 0.322 e. The van der Waals surface area contributed by atoms with Gasteiger partial charge in [-0.2, -0.15) is 4.68 Å². The van der Waals surface area contributed by atoms with Gasteiger partial charge in [-0.3, -0.25) is 14.4 Å². The molecule has 0 saturated carbocycles. The Morgan fingerprint density at radius 3 is 2.48 bits per heavy atom. The first-order valence-corrected chi connectivity index (χ1v) is 7.46. The van der Waals surface area contributed by atoms with E-state index >= 15 is 0 Å². The quantitative estimate of drug-likeness (QED) is 0.703. The van der Waals surface area contributed by atoms with Gasteiger partial charge in [-0.05, 0) is 17.7 Å². The number of carbonyl (C=O) groups excluding carboxylic acids is 1. The Morgan fingerprint density at radius 1 is 1.08 bits per heavy atom. The molecule has 1 aromatic heterocycles. The average Bonchev–Trinajstić information content (AvgIpc) is 2.63. The van der Waals surface area contributed by atoms with Crippen LogP contribution in [0.25, 0.3) is 10.9 Å². The number of rotatable bonds is 5. The molecule has 0 aliphatic rings. The number of nitrogens with one attached hydrogen (secondary N) is 1. The number of carboxylic acid groups (broad SMARTS) is 1. The molecule has 1 heterocycles. The van der Waals surface area contributed by atoms with Gasteiger partial charge in [0.05, 0.1) is 5.39 Å². The average molecular weight is 338 g/mol. The van der Waals surface area contributed by atoms with Gasteiger partial charge in [0, 0.05) is 0 Å². The summed E-state index contributed by atoms with van der Waals surface area (Å²) >= 11 is 0. The van der Waals surface area contributed by atoms with Crippen molar-refractivity contribution in [3.8, 4) is 0 Å². The van der Waals surface area contributed by atoms with Crippen molar-refractivity contribution < 1.29 is 14.7 Å². The molecule has 25 heavy (non-hydrogen) atoms. The predicted octanol–water partition coefficient (Wildman–Crippen LogP) is 0.582. The van der Waals surface area contributed by atoms with Crippen LogP contribution in [0.5, 0.6) is 0 Å². The van der Waals surface area contributed by atoms with Crippen LogP contribution in [0.2, 0.25) is 0 Å². The van der Waals surface area contributed by atoms with E-state index in [1.165, 1.54) is 0 Å². The Kier molecular flexibility index (Phi) is 4.51. The Bertz CT molecular complexity index is 985. The molecule has 0 saturated heterocycles. The summed E-state index contributed by atoms with van der Waals surface area (Å²) in [6.07, 6.45) is 0. The molecular formula is C17H14N4O4. The first-order chi connectivity index (χ1) is 12.1. The summed E-state index contributed by atoms with van der Waals surface area (Å²) in [6.45, 7) is -0.558. The third-order valence-corrected chi connectivity index (χ3v) is 3.61. The molecule has 0 aliphatic heterocycles. The lowest BCUT2D eigenvalue weighted by molar-refractivity contribution is -0.138. The molecule has 0 fully saturated rings. The van der Waals surface area contributed by atoms with Crippen molar-refractivity contribution in [3.63, 3.8) is 0 Å². The van der Waals surface area contributed by atoms with Crippen LogP contribution in [0.1, 0.15) is 11.6 Å². The molecule has 0 unspecified atom stereocenters. The van der Waals surface area contributed by atoms with Gasteiger partial charge in [0.1, 0.15) is 12.1 Å². The number of amides is 1. The van der Waals surface area contributed by atoms with Gasteiger partial charge in [0.15, 0.2) is 6.04 Å². The van der Waals surface area contributed by atoms with E-state index in [1.807, 2.05) is 0 Å². The van der Waals surface area contributed by atoms with Crippen molar-refractivity contribution in [3.05, 3.63) is 70.5 Å². The highest BCUT2D eigenvalue weighted by molar-refractivity contribution is 5.87. The molecule has 1 amide bonds. The van der Waals surface area contributed by atoms with Crippen LogP contribution in [0, 0.1) is 0 Å². The fourth-order valence-corrected chi connectivity index (χ4v) is 2.47. The summed E-state index contributed by atoms with van der Waals surface area (Å²) in [5.74, 6) is -1.84. The summed E-state index contributed by atoms with van der Waals surface area (Å²) < 4.78 is 0.967. The van der Waals surface area contributed by atoms with Crippen molar-refractivity contribution in [1.29, 1.82) is 0 Å². The number of hydrogen-bond donors (Lipinski definition) is 2. The van der Waals surface area contributed by atoms with E-state index in [1.54, 1.807) is 54.6 Å². The van der Waals surface area contributed by atoms with Gasteiger partial charge in [-0.15, -0.1) is 5.10 Å². The minimum Gasteiger partial charge on any atom is -0.480 e. The lowest BCUT2D eigenvalue weighted by Gasteiger charge is -2.17. The Labute approximate surface area is 141 Å². The molecule has 1 atom stereocenters. The third kappa shape index (κ3) is 3.37. The summed E-state index contributed by atoms with van der Waals surface area (Å²) in [7, 11) is 0. The maximum absolute atomic E-state index is 12.7. The van der Waals surface area contributed by atoms with Gasteiger partial charge in [0.2, 0.25) is 5.91 Å². The molecule has 126 valence electrons. The molecule has 8 heteroatoms. The number of nitrogens with zero attached hydrogens (tertiary/aromatic N) is 3. The largest absolute Gasteiger partial charge is 0.480 e. The number of hydrogen-bond acceptors (Lipinski definition) is 5. The molecule has 2 aromatic carbocycles. The summed E-state index contributed by atoms with van der Waals surface area (Å²) in [5.41, 5.74) is 0.434. The Balaban J connectivity index is 2.12. The molecule has 2 N–H and O–H groups in total. The normalized spacial score (nSPS) is 11.8. The summed E-state index contributed by atoms with van der Waals surface area (Å²) in [6, 6.07) is 14.1. The number of carbonyl (C=O) groups is 2. The number of aromatic nitrogens is 3. The lowest BCUT2D eigenvalue weighted by Crippen LogP contribution is -2.41. The molecule has 0 bridgehead atoms. The predicted molar refractivity (Wildman–Crippen MR) is 89.0 cm³/mol. The molecule has 3 rings (SSSR count). The van der Waals surface area contributed by atoms with E-state index in [-0.39, 0.29) is 0 Å². The van der Waals surface area contributed by atoms with Crippen LogP contribution in [-0.2, 0) is 9.59 Å². The minimum atomic E-state index is -1.18. The van der Waals surface area contributed by atoms with Crippen LogP contribution in [-0.4, -0.2) is 38.5 Å². The van der Waals surface area contributed by atoms with Crippen LogP contribution < -0.4 is 10.9 Å². The van der Waals surface area contributed by atoms with E-state index in [2.05, 4.69) is 15.6 Å². The van der Waals surface area contributed by atoms with Gasteiger partial charge in [-0.1, -0.05) is 47.7 Å². The summed E-state index contributed by atoms with van der Waals surface area (Å²) in [5, 5.41) is 19.2. The van der Waals surface area contributed by atoms with Gasteiger partial charge < -0.3 is 10.4 Å². The fourth-order valence-electron chi connectivity index (χ4n) is 2.47. The van der Waals surface area contributed by atoms with Crippen LogP contribution in [0.4, 0.5) is 0 Å². The number of benzene rings is 2. The smallest absolute Gasteiger partial charge is 0.322 e. The topological polar surface area (TPSA) is 114 Å². The Hall–Kier alpha value is -3.55. The maximum atomic E-state index is 12.7. The van der Waals surface area contributed by atoms with E-state index in [9.17, 15) is 14.4 Å². The number of aliphatic carboxylic acids is 1. The standard InChI is InChI=1S/C17H14N4O4/c22-14(23)10-18-16(24)15(11-6-2-1-3-7-11)21-17(25)12-8-4-5-9-13(12)19-20-21/h1-9,15H,10H2,(H,18,24)(H,22,23)/t15-/m0/s1. The van der Waals surface area contributed by atoms with Crippen molar-refractivity contribution in [1.82, 2.24) is 20.3 Å². The second-order valence-corrected chi connectivity index (χ2v) is 5.28. The first-order valence-electron chi connectivity index (χ1n) is 7.46. The SMILES string of the molecule is O=C(O)CNC(=O)[C@H](c1ccccc1)n1nnc2ccccc2c1=O. The molecule has 0 aliphatic carbocycles. The van der Waals surface area contributed by atoms with Gasteiger partial charge >= 0.3 is 5.97 Å². The number of carboxylic acids is 1. The van der Waals surface area contributed by atoms with E-state index < -0.39 is 30.0 Å². The highest BCUT2D eigenvalue weighted by Gasteiger charge is 2.26. The monoisotopic (exact) mass is 338 g/mol. The molecular weight excluding hydrogens is 324 g/mol. The van der Waals surface area contributed by atoms with Crippen molar-refractivity contribution >= 4 is 22.8 Å². The van der Waals surface area contributed by atoms with Gasteiger partial charge in [-0.25, -0.2) is 0 Å². The summed E-state index contributed by atoms with van der Waals surface area (Å²) in [4.78, 5) is 36.0. The van der Waals surface area contributed by atoms with Gasteiger partial charge in [0.25, 0.3) is 5.56 Å².